The Morgan fingerprint density at radius 3 is 2.17 bits per heavy atom. The van der Waals surface area contributed by atoms with E-state index in [-0.39, 0.29) is 31.6 Å². The van der Waals surface area contributed by atoms with Gasteiger partial charge in [0, 0.05) is 19.9 Å². The molecule has 10 atom stereocenters. The number of rotatable bonds is 23. The third-order valence-corrected chi connectivity index (χ3v) is 10.5. The summed E-state index contributed by atoms with van der Waals surface area (Å²) >= 11 is 3.88. The molecule has 26 heteroatoms. The number of phenolic OH excluding ortho intramolecular Hbond substituents is 1. The molecule has 2 aliphatic rings. The molecule has 25 nitrogen and oxygen atoms in total. The van der Waals surface area contributed by atoms with Crippen molar-refractivity contribution in [3.63, 3.8) is 0 Å². The quantitative estimate of drug-likeness (QED) is 0.0358. The molecule has 0 aromatic heterocycles. The average molecular weight is 942 g/mol. The number of carbonyl (C=O) groups excluding carboxylic acids is 9. The Balaban J connectivity index is 1.87. The van der Waals surface area contributed by atoms with Crippen LogP contribution < -0.4 is 43.4 Å². The van der Waals surface area contributed by atoms with Gasteiger partial charge in [-0.2, -0.15) is 12.6 Å². The Morgan fingerprint density at radius 2 is 1.60 bits per heavy atom. The highest BCUT2D eigenvalue weighted by Gasteiger charge is 2.49. The number of carbonyl (C=O) groups is 9. The first kappa shape index (κ1) is 53.7. The number of ether oxygens (including phenoxy) is 3. The lowest BCUT2D eigenvalue weighted by molar-refractivity contribution is -0.274. The molecule has 65 heavy (non-hydrogen) atoms. The zero-order valence-corrected chi connectivity index (χ0v) is 36.9. The van der Waals surface area contributed by atoms with Gasteiger partial charge in [0.05, 0.1) is 38.7 Å². The number of benzene rings is 1. The first-order valence-corrected chi connectivity index (χ1v) is 21.2. The van der Waals surface area contributed by atoms with Gasteiger partial charge in [-0.25, -0.2) is 0 Å². The van der Waals surface area contributed by atoms with E-state index in [9.17, 15) is 63.6 Å². The van der Waals surface area contributed by atoms with Gasteiger partial charge in [-0.1, -0.05) is 26.0 Å². The topological polar surface area (TPSA) is 390 Å². The molecular formula is C39H59N9O16S. The minimum atomic E-state index is -1.68. The van der Waals surface area contributed by atoms with Gasteiger partial charge >= 0.3 is 5.97 Å². The number of likely N-dealkylation sites (tertiary alicyclic amines) is 1. The number of hydrogen-bond acceptors (Lipinski definition) is 18. The number of hydrogen-bond donors (Lipinski definition) is 13. The smallest absolute Gasteiger partial charge is 0.316 e. The summed E-state index contributed by atoms with van der Waals surface area (Å²) in [6, 6.07) is -2.74. The Hall–Kier alpha value is -5.64. The van der Waals surface area contributed by atoms with E-state index in [1.807, 2.05) is 0 Å². The van der Waals surface area contributed by atoms with Crippen molar-refractivity contribution in [3.8, 4) is 5.75 Å². The molecule has 0 aliphatic carbocycles. The van der Waals surface area contributed by atoms with Gasteiger partial charge in [0.1, 0.15) is 54.2 Å². The highest BCUT2D eigenvalue weighted by atomic mass is 32.1. The van der Waals surface area contributed by atoms with E-state index in [1.54, 1.807) is 13.8 Å². The van der Waals surface area contributed by atoms with E-state index >= 15 is 0 Å². The summed E-state index contributed by atoms with van der Waals surface area (Å²) in [7, 11) is 0. The molecule has 0 radical (unpaired) electrons. The van der Waals surface area contributed by atoms with Gasteiger partial charge in [0.15, 0.2) is 12.4 Å². The van der Waals surface area contributed by atoms with Crippen LogP contribution in [0.2, 0.25) is 0 Å². The number of nitrogens with one attached hydrogen (secondary N) is 6. The molecule has 1 aromatic rings. The number of aromatic hydroxyl groups is 1. The van der Waals surface area contributed by atoms with Crippen molar-refractivity contribution < 1.29 is 77.8 Å². The van der Waals surface area contributed by atoms with Crippen LogP contribution in [0.25, 0.3) is 0 Å². The average Bonchev–Trinajstić information content (AvgIpc) is 3.77. The lowest BCUT2D eigenvalue weighted by atomic mass is 9.96. The van der Waals surface area contributed by atoms with E-state index in [0.717, 1.165) is 11.8 Å². The first-order valence-electron chi connectivity index (χ1n) is 20.5. The van der Waals surface area contributed by atoms with E-state index in [1.165, 1.54) is 24.3 Å². The number of nitrogens with two attached hydrogens (primary N) is 2. The Bertz CT molecular complexity index is 1860. The van der Waals surface area contributed by atoms with Crippen LogP contribution in [0.5, 0.6) is 5.75 Å². The van der Waals surface area contributed by atoms with Crippen molar-refractivity contribution in [2.75, 3.05) is 45.2 Å². The van der Waals surface area contributed by atoms with Gasteiger partial charge in [0.25, 0.3) is 0 Å². The molecule has 2 aliphatic heterocycles. The number of nitrogens with zero attached hydrogens (tertiary/aromatic N) is 1. The zero-order valence-electron chi connectivity index (χ0n) is 36.0. The maximum absolute atomic E-state index is 14.4. The van der Waals surface area contributed by atoms with Crippen molar-refractivity contribution in [2.24, 2.45) is 17.4 Å². The second kappa shape index (κ2) is 25.7. The zero-order chi connectivity index (χ0) is 48.5. The predicted octanol–water partition coefficient (Wildman–Crippen LogP) is -6.49. The minimum absolute atomic E-state index is 0.0251. The van der Waals surface area contributed by atoms with Gasteiger partial charge in [-0.3, -0.25) is 43.2 Å². The number of phenols is 1. The summed E-state index contributed by atoms with van der Waals surface area (Å²) in [4.78, 5) is 118. The SMILES string of the molecule is CC(=O)N[C@H]1[C@H](OC[C@H](NC(=O)[C@@H](NC(=O)CN)C(C)C)C(=O)N2CCC[C@H]2C(=O)NCC(=O)N[C@@H](Cc2ccc(O)cc2)C(=O)N[C@@H](CO)C(N)=O)O[C@H](CO)[C@@H](O)[C@@H]1OC(=O)CS. The van der Waals surface area contributed by atoms with Crippen LogP contribution in [0.1, 0.15) is 39.2 Å². The Morgan fingerprint density at radius 1 is 0.938 bits per heavy atom. The number of esters is 1. The molecule has 14 N–H and O–H groups in total. The summed E-state index contributed by atoms with van der Waals surface area (Å²) in [5, 5.41) is 54.6. The van der Waals surface area contributed by atoms with Gasteiger partial charge in [-0.15, -0.1) is 0 Å². The third-order valence-electron chi connectivity index (χ3n) is 10.2. The Labute approximate surface area is 378 Å². The summed E-state index contributed by atoms with van der Waals surface area (Å²) in [6.45, 7) is 0.738. The standard InChI is InChI=1S/C39H59N9O16S/c1-18(2)30(47-27(53)12-40)37(60)46-24(16-62-39-31(43-19(3)51)33(64-29(55)17-65)32(56)26(15-50)63-39)38(61)48-10-4-5-25(48)36(59)42-13-28(54)44-22(11-20-6-8-21(52)9-7-20)35(58)45-23(14-49)34(41)57/h6-9,18,22-26,30-33,39,49-50,52,56,65H,4-5,10-17,40H2,1-3H3,(H2,41,57)(H,42,59)(H,43,51)(H,44,54)(H,45,58)(H,46,60)(H,47,53)/t22-,23-,24-,25-,26+,30-,31+,32+,33+,39+/m0/s1. The maximum Gasteiger partial charge on any atom is 0.316 e. The molecule has 8 amide bonds. The fourth-order valence-electron chi connectivity index (χ4n) is 6.91. The first-order chi connectivity index (χ1) is 30.7. The van der Waals surface area contributed by atoms with E-state index in [2.05, 4.69) is 44.5 Å². The second-order valence-electron chi connectivity index (χ2n) is 15.5. The Kier molecular flexibility index (Phi) is 21.3. The molecular weight excluding hydrogens is 883 g/mol. The van der Waals surface area contributed by atoms with Crippen molar-refractivity contribution in [2.45, 2.75) is 101 Å². The fraction of sp³-hybridized carbons (Fsp3) is 0.615. The maximum atomic E-state index is 14.4. The number of primary amides is 1. The number of thiol groups is 1. The third kappa shape index (κ3) is 15.8. The van der Waals surface area contributed by atoms with E-state index < -0.39 is 159 Å². The molecule has 0 saturated carbocycles. The van der Waals surface area contributed by atoms with Crippen LogP contribution in [-0.4, -0.2) is 185 Å². The van der Waals surface area contributed by atoms with Crippen LogP contribution in [0.3, 0.4) is 0 Å². The summed E-state index contributed by atoms with van der Waals surface area (Å²) in [5.41, 5.74) is 11.2. The minimum Gasteiger partial charge on any atom is -0.508 e. The molecule has 2 saturated heterocycles. The lowest BCUT2D eigenvalue weighted by Crippen LogP contribution is -2.66. The molecule has 2 fully saturated rings. The van der Waals surface area contributed by atoms with Crippen LogP contribution in [0.4, 0.5) is 0 Å². The van der Waals surface area contributed by atoms with Crippen molar-refractivity contribution >= 4 is 65.9 Å². The summed E-state index contributed by atoms with van der Waals surface area (Å²) in [5.74, 6) is -8.68. The molecule has 2 heterocycles. The predicted molar refractivity (Wildman–Crippen MR) is 226 cm³/mol. The van der Waals surface area contributed by atoms with E-state index in [0.29, 0.717) is 5.56 Å². The van der Waals surface area contributed by atoms with Crippen LogP contribution in [-0.2, 0) is 63.8 Å². The van der Waals surface area contributed by atoms with Gasteiger partial charge in [-0.05, 0) is 36.5 Å². The normalized spacial score (nSPS) is 22.3. The number of aliphatic hydroxyl groups is 3. The van der Waals surface area contributed by atoms with Crippen LogP contribution in [0.15, 0.2) is 24.3 Å². The highest BCUT2D eigenvalue weighted by molar-refractivity contribution is 7.81. The second-order valence-corrected chi connectivity index (χ2v) is 15.8. The molecule has 3 rings (SSSR count). The fourth-order valence-corrected chi connectivity index (χ4v) is 6.99. The van der Waals surface area contributed by atoms with Crippen LogP contribution >= 0.6 is 12.6 Å². The number of aliphatic hydroxyl groups excluding tert-OH is 3. The summed E-state index contributed by atoms with van der Waals surface area (Å²) < 4.78 is 17.0. The van der Waals surface area contributed by atoms with Gasteiger partial charge in [0.2, 0.25) is 47.3 Å². The molecule has 0 bridgehead atoms. The van der Waals surface area contributed by atoms with Crippen LogP contribution in [0, 0.1) is 5.92 Å². The van der Waals surface area contributed by atoms with Crippen molar-refractivity contribution in [1.29, 1.82) is 0 Å². The highest BCUT2D eigenvalue weighted by Crippen LogP contribution is 2.26. The molecule has 1 aromatic carbocycles. The number of amides is 8. The van der Waals surface area contributed by atoms with Gasteiger partial charge < -0.3 is 82.9 Å². The summed E-state index contributed by atoms with van der Waals surface area (Å²) in [6.07, 6.45) is -6.08. The largest absolute Gasteiger partial charge is 0.508 e. The van der Waals surface area contributed by atoms with Crippen molar-refractivity contribution in [1.82, 2.24) is 36.8 Å². The van der Waals surface area contributed by atoms with E-state index in [4.69, 9.17) is 25.7 Å². The lowest BCUT2D eigenvalue weighted by Gasteiger charge is -2.44. The molecule has 0 unspecified atom stereocenters. The molecule has 362 valence electrons. The molecule has 0 spiro atoms. The van der Waals surface area contributed by atoms with Crippen molar-refractivity contribution in [3.05, 3.63) is 29.8 Å². The monoisotopic (exact) mass is 941 g/mol.